The average Bonchev–Trinajstić information content (AvgIpc) is 2.57. The van der Waals surface area contributed by atoms with Crippen molar-refractivity contribution < 1.29 is 0 Å². The zero-order valence-electron chi connectivity index (χ0n) is 7.07. The van der Waals surface area contributed by atoms with Crippen molar-refractivity contribution in [3.05, 3.63) is 29.1 Å². The number of nitrogens with zero attached hydrogens (tertiary/aromatic N) is 2. The van der Waals surface area contributed by atoms with Crippen LogP contribution >= 0.6 is 15.9 Å². The number of aromatic nitrogens is 2. The second kappa shape index (κ2) is 3.87. The van der Waals surface area contributed by atoms with Crippen molar-refractivity contribution in [1.29, 1.82) is 0 Å². The van der Waals surface area contributed by atoms with Gasteiger partial charge in [-0.05, 0) is 28.8 Å². The minimum atomic E-state index is 0.502. The van der Waals surface area contributed by atoms with Crippen LogP contribution in [0.15, 0.2) is 29.1 Å². The quantitative estimate of drug-likeness (QED) is 0.637. The fourth-order valence-electron chi connectivity index (χ4n) is 1.36. The maximum atomic E-state index is 4.12. The predicted molar refractivity (Wildman–Crippen MR) is 55.5 cm³/mol. The van der Waals surface area contributed by atoms with Crippen LogP contribution in [0.25, 0.3) is 0 Å². The van der Waals surface area contributed by atoms with Crippen molar-refractivity contribution in [2.45, 2.75) is 18.9 Å². The molecule has 0 amide bonds. The monoisotopic (exact) mass is 239 g/mol. The second-order valence-electron chi connectivity index (χ2n) is 3.01. The van der Waals surface area contributed by atoms with Crippen molar-refractivity contribution in [3.63, 3.8) is 0 Å². The Labute approximate surface area is 85.4 Å². The van der Waals surface area contributed by atoms with E-state index in [1.165, 1.54) is 0 Å². The van der Waals surface area contributed by atoms with E-state index in [0.717, 1.165) is 23.3 Å². The molecule has 0 saturated carbocycles. The summed E-state index contributed by atoms with van der Waals surface area (Å²) in [6.07, 6.45) is 8.10. The van der Waals surface area contributed by atoms with Gasteiger partial charge in [0.25, 0.3) is 0 Å². The summed E-state index contributed by atoms with van der Waals surface area (Å²) in [5.41, 5.74) is 0. The molecule has 1 aliphatic rings. The lowest BCUT2D eigenvalue weighted by molar-refractivity contribution is 0.779. The predicted octanol–water partition coefficient (Wildman–Crippen LogP) is 2.37. The van der Waals surface area contributed by atoms with Crippen molar-refractivity contribution in [2.24, 2.45) is 0 Å². The summed E-state index contributed by atoms with van der Waals surface area (Å²) in [7, 11) is 0. The Morgan fingerprint density at radius 2 is 2.08 bits per heavy atom. The molecule has 0 radical (unpaired) electrons. The van der Waals surface area contributed by atoms with Crippen LogP contribution in [-0.2, 0) is 0 Å². The third kappa shape index (κ3) is 2.28. The number of halogens is 1. The second-order valence-corrected chi connectivity index (χ2v) is 3.82. The van der Waals surface area contributed by atoms with E-state index < -0.39 is 0 Å². The summed E-state index contributed by atoms with van der Waals surface area (Å²) in [4.78, 5) is 8.09. The molecule has 1 N–H and O–H groups in total. The summed E-state index contributed by atoms with van der Waals surface area (Å²) in [5.74, 6) is 0.885. The Balaban J connectivity index is 2.01. The Bertz CT molecular complexity index is 316. The number of nitrogens with one attached hydrogen (secondary N) is 1. The highest BCUT2D eigenvalue weighted by Crippen LogP contribution is 2.16. The van der Waals surface area contributed by atoms with Gasteiger partial charge in [0.1, 0.15) is 16.7 Å². The van der Waals surface area contributed by atoms with E-state index in [4.69, 9.17) is 0 Å². The molecule has 2 rings (SSSR count). The molecule has 0 saturated heterocycles. The average molecular weight is 240 g/mol. The molecule has 0 aromatic carbocycles. The van der Waals surface area contributed by atoms with Gasteiger partial charge in [-0.3, -0.25) is 0 Å². The smallest absolute Gasteiger partial charge is 0.130 e. The Morgan fingerprint density at radius 1 is 1.31 bits per heavy atom. The lowest BCUT2D eigenvalue weighted by Gasteiger charge is -2.11. The minimum Gasteiger partial charge on any atom is -0.367 e. The van der Waals surface area contributed by atoms with Crippen molar-refractivity contribution in [2.75, 3.05) is 5.32 Å². The molecule has 13 heavy (non-hydrogen) atoms. The summed E-state index contributed by atoms with van der Waals surface area (Å²) in [6, 6.07) is 2.39. The van der Waals surface area contributed by atoms with E-state index in [1.807, 2.05) is 6.07 Å². The van der Waals surface area contributed by atoms with Crippen LogP contribution in [0.2, 0.25) is 0 Å². The van der Waals surface area contributed by atoms with Crippen LogP contribution in [0.1, 0.15) is 12.8 Å². The molecule has 1 heterocycles. The van der Waals surface area contributed by atoms with Gasteiger partial charge in [0, 0.05) is 12.1 Å². The highest BCUT2D eigenvalue weighted by molar-refractivity contribution is 9.10. The molecule has 68 valence electrons. The molecule has 0 aliphatic heterocycles. The van der Waals surface area contributed by atoms with E-state index in [1.54, 1.807) is 6.33 Å². The largest absolute Gasteiger partial charge is 0.367 e. The zero-order chi connectivity index (χ0) is 9.10. The van der Waals surface area contributed by atoms with Gasteiger partial charge in [0.2, 0.25) is 0 Å². The van der Waals surface area contributed by atoms with Gasteiger partial charge in [-0.1, -0.05) is 12.2 Å². The first kappa shape index (κ1) is 8.69. The van der Waals surface area contributed by atoms with E-state index in [-0.39, 0.29) is 0 Å². The van der Waals surface area contributed by atoms with Gasteiger partial charge in [-0.15, -0.1) is 0 Å². The Morgan fingerprint density at radius 3 is 2.77 bits per heavy atom. The van der Waals surface area contributed by atoms with E-state index in [2.05, 4.69) is 43.4 Å². The van der Waals surface area contributed by atoms with Crippen molar-refractivity contribution in [3.8, 4) is 0 Å². The number of rotatable bonds is 2. The van der Waals surface area contributed by atoms with Crippen LogP contribution in [0, 0.1) is 0 Å². The summed E-state index contributed by atoms with van der Waals surface area (Å²) in [5, 5.41) is 3.34. The van der Waals surface area contributed by atoms with Gasteiger partial charge >= 0.3 is 0 Å². The summed E-state index contributed by atoms with van der Waals surface area (Å²) >= 11 is 3.30. The number of hydrogen-bond acceptors (Lipinski definition) is 3. The molecule has 0 unspecified atom stereocenters. The van der Waals surface area contributed by atoms with E-state index >= 15 is 0 Å². The lowest BCUT2D eigenvalue weighted by atomic mass is 10.2. The van der Waals surface area contributed by atoms with Gasteiger partial charge in [-0.25, -0.2) is 9.97 Å². The van der Waals surface area contributed by atoms with Crippen molar-refractivity contribution >= 4 is 21.7 Å². The van der Waals surface area contributed by atoms with Gasteiger partial charge in [0.15, 0.2) is 0 Å². The molecule has 0 atom stereocenters. The SMILES string of the molecule is Brc1cc(NC2CC=CC2)ncn1. The van der Waals surface area contributed by atoms with Crippen LogP contribution < -0.4 is 5.32 Å². The molecule has 4 heteroatoms. The molecule has 1 aromatic rings. The Hall–Kier alpha value is -0.900. The number of anilines is 1. The topological polar surface area (TPSA) is 37.8 Å². The third-order valence-corrected chi connectivity index (χ3v) is 2.43. The minimum absolute atomic E-state index is 0.502. The maximum Gasteiger partial charge on any atom is 0.130 e. The van der Waals surface area contributed by atoms with Crippen molar-refractivity contribution in [1.82, 2.24) is 9.97 Å². The number of hydrogen-bond donors (Lipinski definition) is 1. The first-order valence-electron chi connectivity index (χ1n) is 4.23. The molecule has 1 aromatic heterocycles. The molecular weight excluding hydrogens is 230 g/mol. The van der Waals surface area contributed by atoms with Gasteiger partial charge in [0.05, 0.1) is 0 Å². The molecule has 1 aliphatic carbocycles. The highest BCUT2D eigenvalue weighted by Gasteiger charge is 2.09. The standard InChI is InChI=1S/C9H10BrN3/c10-8-5-9(12-6-11-8)13-7-3-1-2-4-7/h1-2,5-7H,3-4H2,(H,11,12,13). The van der Waals surface area contributed by atoms with Crippen LogP contribution in [0.5, 0.6) is 0 Å². The molecule has 3 nitrogen and oxygen atoms in total. The molecule has 0 fully saturated rings. The molecule has 0 bridgehead atoms. The normalized spacial score (nSPS) is 16.4. The fraction of sp³-hybridized carbons (Fsp3) is 0.333. The molecular formula is C9H10BrN3. The van der Waals surface area contributed by atoms with Crippen LogP contribution in [0.4, 0.5) is 5.82 Å². The van der Waals surface area contributed by atoms with Gasteiger partial charge < -0.3 is 5.32 Å². The summed E-state index contributed by atoms with van der Waals surface area (Å²) in [6.45, 7) is 0. The highest BCUT2D eigenvalue weighted by atomic mass is 79.9. The first-order valence-corrected chi connectivity index (χ1v) is 5.03. The fourth-order valence-corrected chi connectivity index (χ4v) is 1.67. The van der Waals surface area contributed by atoms with Crippen LogP contribution in [-0.4, -0.2) is 16.0 Å². The molecule has 0 spiro atoms. The summed E-state index contributed by atoms with van der Waals surface area (Å²) < 4.78 is 0.816. The maximum absolute atomic E-state index is 4.12. The van der Waals surface area contributed by atoms with Crippen LogP contribution in [0.3, 0.4) is 0 Å². The lowest BCUT2D eigenvalue weighted by Crippen LogP contribution is -2.15. The van der Waals surface area contributed by atoms with E-state index in [9.17, 15) is 0 Å². The van der Waals surface area contributed by atoms with Gasteiger partial charge in [-0.2, -0.15) is 0 Å². The zero-order valence-corrected chi connectivity index (χ0v) is 8.66. The first-order chi connectivity index (χ1) is 6.34. The van der Waals surface area contributed by atoms with E-state index in [0.29, 0.717) is 6.04 Å². The third-order valence-electron chi connectivity index (χ3n) is 1.99. The Kier molecular flexibility index (Phi) is 2.59.